The summed E-state index contributed by atoms with van der Waals surface area (Å²) in [6, 6.07) is 12.1. The Morgan fingerprint density at radius 2 is 1.88 bits per heavy atom. The van der Waals surface area contributed by atoms with Gasteiger partial charge in [-0.15, -0.1) is 0 Å². The molecule has 0 fully saturated rings. The zero-order valence-corrected chi connectivity index (χ0v) is 13.9. The minimum atomic E-state index is -2.85. The number of amides is 1. The van der Waals surface area contributed by atoms with Gasteiger partial charge in [-0.2, -0.15) is 8.78 Å². The van der Waals surface area contributed by atoms with Gasteiger partial charge < -0.3 is 15.0 Å². The van der Waals surface area contributed by atoms with Crippen LogP contribution >= 0.6 is 0 Å². The molecule has 4 nitrogen and oxygen atoms in total. The molecule has 1 heterocycles. The molecule has 1 aromatic heterocycles. The van der Waals surface area contributed by atoms with Crippen LogP contribution in [0.3, 0.4) is 0 Å². The molecule has 0 radical (unpaired) electrons. The van der Waals surface area contributed by atoms with Crippen molar-refractivity contribution in [2.75, 3.05) is 0 Å². The number of hydrogen-bond acceptors (Lipinski definition) is 2. The minimum Gasteiger partial charge on any atom is -0.435 e. The zero-order chi connectivity index (χ0) is 18.0. The largest absolute Gasteiger partial charge is 0.435 e. The van der Waals surface area contributed by atoms with Crippen LogP contribution in [0.15, 0.2) is 42.5 Å². The quantitative estimate of drug-likeness (QED) is 0.724. The first-order valence-corrected chi connectivity index (χ1v) is 7.84. The molecular weight excluding hydrogens is 326 g/mol. The number of benzene rings is 2. The molecule has 0 aliphatic rings. The molecule has 0 aliphatic heterocycles. The normalized spacial score (nSPS) is 11.1. The third kappa shape index (κ3) is 3.96. The van der Waals surface area contributed by atoms with Crippen molar-refractivity contribution in [3.05, 3.63) is 64.8 Å². The number of rotatable bonds is 5. The van der Waals surface area contributed by atoms with Gasteiger partial charge in [0.15, 0.2) is 0 Å². The number of aromatic amines is 1. The lowest BCUT2D eigenvalue weighted by atomic mass is 10.1. The topological polar surface area (TPSA) is 54.1 Å². The van der Waals surface area contributed by atoms with Crippen LogP contribution in [0.1, 0.15) is 27.2 Å². The lowest BCUT2D eigenvalue weighted by Crippen LogP contribution is -2.23. The molecule has 6 heteroatoms. The van der Waals surface area contributed by atoms with E-state index in [9.17, 15) is 13.6 Å². The number of ether oxygens (including phenoxy) is 1. The number of H-pyrrole nitrogens is 1. The van der Waals surface area contributed by atoms with Crippen LogP contribution in [0, 0.1) is 13.8 Å². The maximum absolute atomic E-state index is 12.3. The number of aromatic nitrogens is 1. The first-order valence-electron chi connectivity index (χ1n) is 7.84. The van der Waals surface area contributed by atoms with Gasteiger partial charge in [0, 0.05) is 17.4 Å². The van der Waals surface area contributed by atoms with Crippen LogP contribution in [0.5, 0.6) is 5.75 Å². The van der Waals surface area contributed by atoms with Crippen molar-refractivity contribution in [3.63, 3.8) is 0 Å². The Bertz CT molecular complexity index is 902. The number of hydrogen-bond donors (Lipinski definition) is 2. The Balaban J connectivity index is 1.67. The Morgan fingerprint density at radius 1 is 1.16 bits per heavy atom. The first kappa shape index (κ1) is 17.0. The molecule has 0 aliphatic carbocycles. The fourth-order valence-corrected chi connectivity index (χ4v) is 2.79. The summed E-state index contributed by atoms with van der Waals surface area (Å²) < 4.78 is 28.5. The predicted octanol–water partition coefficient (Wildman–Crippen LogP) is 4.32. The molecule has 0 unspecified atom stereocenters. The van der Waals surface area contributed by atoms with E-state index < -0.39 is 6.61 Å². The summed E-state index contributed by atoms with van der Waals surface area (Å²) >= 11 is 0. The Kier molecular flexibility index (Phi) is 4.70. The van der Waals surface area contributed by atoms with Gasteiger partial charge in [0.2, 0.25) is 0 Å². The molecule has 2 N–H and O–H groups in total. The summed E-state index contributed by atoms with van der Waals surface area (Å²) in [7, 11) is 0. The highest BCUT2D eigenvalue weighted by Crippen LogP contribution is 2.21. The van der Waals surface area contributed by atoms with Crippen molar-refractivity contribution in [2.24, 2.45) is 0 Å². The summed E-state index contributed by atoms with van der Waals surface area (Å²) in [4.78, 5) is 15.5. The van der Waals surface area contributed by atoms with E-state index in [1.165, 1.54) is 12.1 Å². The van der Waals surface area contributed by atoms with Crippen molar-refractivity contribution in [1.29, 1.82) is 0 Å². The standard InChI is InChI=1S/C19H18F2N2O2/c1-11-7-12(2)15-9-17(23-16(15)8-11)18(24)22-10-13-3-5-14(6-4-13)25-19(20)21/h3-9,19,23H,10H2,1-2H3,(H,22,24). The first-order chi connectivity index (χ1) is 11.9. The summed E-state index contributed by atoms with van der Waals surface area (Å²) in [6.07, 6.45) is 0. The number of fused-ring (bicyclic) bond motifs is 1. The zero-order valence-electron chi connectivity index (χ0n) is 13.9. The van der Waals surface area contributed by atoms with E-state index in [4.69, 9.17) is 0 Å². The van der Waals surface area contributed by atoms with Crippen molar-refractivity contribution >= 4 is 16.8 Å². The smallest absolute Gasteiger partial charge is 0.387 e. The van der Waals surface area contributed by atoms with Gasteiger partial charge in [-0.05, 0) is 54.8 Å². The third-order valence-electron chi connectivity index (χ3n) is 3.94. The number of halogens is 2. The lowest BCUT2D eigenvalue weighted by molar-refractivity contribution is -0.0498. The molecule has 3 rings (SSSR count). The summed E-state index contributed by atoms with van der Waals surface area (Å²) in [5, 5.41) is 3.83. The van der Waals surface area contributed by atoms with Crippen LogP contribution in [-0.4, -0.2) is 17.5 Å². The molecule has 0 saturated carbocycles. The predicted molar refractivity (Wildman–Crippen MR) is 92.0 cm³/mol. The van der Waals surface area contributed by atoms with E-state index in [-0.39, 0.29) is 11.7 Å². The van der Waals surface area contributed by atoms with Crippen molar-refractivity contribution in [1.82, 2.24) is 10.3 Å². The molecule has 0 saturated heterocycles. The van der Waals surface area contributed by atoms with E-state index in [2.05, 4.69) is 21.1 Å². The second-order valence-electron chi connectivity index (χ2n) is 5.93. The van der Waals surface area contributed by atoms with Crippen molar-refractivity contribution < 1.29 is 18.3 Å². The van der Waals surface area contributed by atoms with Gasteiger partial charge in [0.05, 0.1) is 0 Å². The average molecular weight is 344 g/mol. The van der Waals surface area contributed by atoms with Gasteiger partial charge in [-0.25, -0.2) is 0 Å². The molecule has 0 bridgehead atoms. The molecule has 130 valence electrons. The second-order valence-corrected chi connectivity index (χ2v) is 5.93. The lowest BCUT2D eigenvalue weighted by Gasteiger charge is -2.07. The van der Waals surface area contributed by atoms with Gasteiger partial charge >= 0.3 is 6.61 Å². The maximum Gasteiger partial charge on any atom is 0.387 e. The molecule has 3 aromatic rings. The summed E-state index contributed by atoms with van der Waals surface area (Å²) in [5.41, 5.74) is 4.44. The van der Waals surface area contributed by atoms with Crippen LogP contribution in [0.2, 0.25) is 0 Å². The Hall–Kier alpha value is -2.89. The van der Waals surface area contributed by atoms with Gasteiger partial charge in [0.25, 0.3) is 5.91 Å². The highest BCUT2D eigenvalue weighted by Gasteiger charge is 2.11. The third-order valence-corrected chi connectivity index (χ3v) is 3.94. The van der Waals surface area contributed by atoms with E-state index in [0.717, 1.165) is 27.6 Å². The molecule has 0 atom stereocenters. The average Bonchev–Trinajstić information content (AvgIpc) is 2.98. The molecule has 25 heavy (non-hydrogen) atoms. The fraction of sp³-hybridized carbons (Fsp3) is 0.211. The summed E-state index contributed by atoms with van der Waals surface area (Å²) in [6.45, 7) is 1.46. The van der Waals surface area contributed by atoms with Crippen LogP contribution in [0.4, 0.5) is 8.78 Å². The second kappa shape index (κ2) is 6.93. The summed E-state index contributed by atoms with van der Waals surface area (Å²) in [5.74, 6) is -0.132. The van der Waals surface area contributed by atoms with Crippen molar-refractivity contribution in [3.8, 4) is 5.75 Å². The van der Waals surface area contributed by atoms with Gasteiger partial charge in [0.1, 0.15) is 11.4 Å². The number of nitrogens with one attached hydrogen (secondary N) is 2. The van der Waals surface area contributed by atoms with Gasteiger partial charge in [-0.1, -0.05) is 18.2 Å². The number of aryl methyl sites for hydroxylation is 2. The van der Waals surface area contributed by atoms with E-state index in [0.29, 0.717) is 12.2 Å². The Morgan fingerprint density at radius 3 is 2.56 bits per heavy atom. The Labute approximate surface area is 143 Å². The highest BCUT2D eigenvalue weighted by atomic mass is 19.3. The maximum atomic E-state index is 12.3. The molecule has 2 aromatic carbocycles. The molecular formula is C19H18F2N2O2. The van der Waals surface area contributed by atoms with Gasteiger partial charge in [-0.3, -0.25) is 4.79 Å². The number of alkyl halides is 2. The van der Waals surface area contributed by atoms with E-state index >= 15 is 0 Å². The van der Waals surface area contributed by atoms with Crippen LogP contribution in [0.25, 0.3) is 10.9 Å². The van der Waals surface area contributed by atoms with E-state index in [1.54, 1.807) is 12.1 Å². The molecule has 0 spiro atoms. The fourth-order valence-electron chi connectivity index (χ4n) is 2.79. The van der Waals surface area contributed by atoms with Crippen LogP contribution < -0.4 is 10.1 Å². The van der Waals surface area contributed by atoms with Crippen molar-refractivity contribution in [2.45, 2.75) is 27.0 Å². The van der Waals surface area contributed by atoms with E-state index in [1.807, 2.05) is 26.0 Å². The SMILES string of the molecule is Cc1cc(C)c2cc(C(=O)NCc3ccc(OC(F)F)cc3)[nH]c2c1. The highest BCUT2D eigenvalue weighted by molar-refractivity contribution is 5.98. The number of carbonyl (C=O) groups excluding carboxylic acids is 1. The minimum absolute atomic E-state index is 0.0894. The monoisotopic (exact) mass is 344 g/mol. The number of carbonyl (C=O) groups is 1. The van der Waals surface area contributed by atoms with Crippen LogP contribution in [-0.2, 0) is 6.54 Å². The molecule has 1 amide bonds.